The summed E-state index contributed by atoms with van der Waals surface area (Å²) in [4.78, 5) is 12.0. The SMILES string of the molecule is CCCCC1=C(C(=O)OC)C(C)(O)c2ccccc21. The fourth-order valence-corrected chi connectivity index (χ4v) is 2.77. The fraction of sp³-hybridized carbons (Fsp3) is 0.438. The molecule has 0 spiro atoms. The molecule has 1 aliphatic carbocycles. The zero-order valence-corrected chi connectivity index (χ0v) is 11.7. The van der Waals surface area contributed by atoms with Crippen molar-refractivity contribution in [2.45, 2.75) is 38.7 Å². The Balaban J connectivity index is 2.58. The Morgan fingerprint density at radius 1 is 1.37 bits per heavy atom. The van der Waals surface area contributed by atoms with Gasteiger partial charge < -0.3 is 9.84 Å². The summed E-state index contributed by atoms with van der Waals surface area (Å²) >= 11 is 0. The highest BCUT2D eigenvalue weighted by atomic mass is 16.5. The first-order valence-corrected chi connectivity index (χ1v) is 6.68. The molecule has 1 aliphatic rings. The third-order valence-electron chi connectivity index (χ3n) is 3.74. The van der Waals surface area contributed by atoms with E-state index in [1.807, 2.05) is 24.3 Å². The number of fused-ring (bicyclic) bond motifs is 1. The van der Waals surface area contributed by atoms with Gasteiger partial charge in [-0.25, -0.2) is 4.79 Å². The number of carbonyl (C=O) groups is 1. The third-order valence-corrected chi connectivity index (χ3v) is 3.74. The second-order valence-corrected chi connectivity index (χ2v) is 5.07. The molecule has 0 amide bonds. The molecular formula is C16H20O3. The molecule has 0 fully saturated rings. The van der Waals surface area contributed by atoms with Gasteiger partial charge in [-0.05, 0) is 36.5 Å². The first-order valence-electron chi connectivity index (χ1n) is 6.68. The summed E-state index contributed by atoms with van der Waals surface area (Å²) in [5.41, 5.74) is 1.83. The monoisotopic (exact) mass is 260 g/mol. The molecule has 1 aromatic carbocycles. The second kappa shape index (κ2) is 5.17. The normalized spacial score (nSPS) is 21.5. The van der Waals surface area contributed by atoms with Gasteiger partial charge in [0, 0.05) is 0 Å². The highest BCUT2D eigenvalue weighted by Gasteiger charge is 2.43. The lowest BCUT2D eigenvalue weighted by Gasteiger charge is -2.21. The number of benzene rings is 1. The van der Waals surface area contributed by atoms with E-state index < -0.39 is 11.6 Å². The number of ether oxygens (including phenoxy) is 1. The Morgan fingerprint density at radius 2 is 2.05 bits per heavy atom. The largest absolute Gasteiger partial charge is 0.466 e. The molecule has 1 atom stereocenters. The van der Waals surface area contributed by atoms with Crippen molar-refractivity contribution in [2.24, 2.45) is 0 Å². The second-order valence-electron chi connectivity index (χ2n) is 5.07. The summed E-state index contributed by atoms with van der Waals surface area (Å²) in [6.07, 6.45) is 2.82. The number of hydrogen-bond acceptors (Lipinski definition) is 3. The van der Waals surface area contributed by atoms with Crippen LogP contribution in [0.2, 0.25) is 0 Å². The third kappa shape index (κ3) is 2.19. The van der Waals surface area contributed by atoms with Crippen LogP contribution >= 0.6 is 0 Å². The molecule has 0 saturated carbocycles. The van der Waals surface area contributed by atoms with Gasteiger partial charge in [0.25, 0.3) is 0 Å². The van der Waals surface area contributed by atoms with Crippen LogP contribution in [0, 0.1) is 0 Å². The van der Waals surface area contributed by atoms with Crippen LogP contribution in [-0.4, -0.2) is 18.2 Å². The van der Waals surface area contributed by atoms with Crippen LogP contribution in [0.25, 0.3) is 5.57 Å². The quantitative estimate of drug-likeness (QED) is 0.846. The van der Waals surface area contributed by atoms with Crippen molar-refractivity contribution >= 4 is 11.5 Å². The average molecular weight is 260 g/mol. The number of allylic oxidation sites excluding steroid dienone is 1. The standard InChI is InChI=1S/C16H20O3/c1-4-5-8-12-11-9-6-7-10-13(11)16(2,18)14(12)15(17)19-3/h6-7,9-10,18H,4-5,8H2,1-3H3. The first kappa shape index (κ1) is 13.8. The zero-order chi connectivity index (χ0) is 14.0. The molecule has 2 rings (SSSR count). The Labute approximate surface area is 113 Å². The summed E-state index contributed by atoms with van der Waals surface area (Å²) in [5.74, 6) is -0.438. The first-order chi connectivity index (χ1) is 9.04. The Hall–Kier alpha value is -1.61. The molecule has 102 valence electrons. The van der Waals surface area contributed by atoms with E-state index in [2.05, 4.69) is 6.92 Å². The number of rotatable bonds is 4. The highest BCUT2D eigenvalue weighted by molar-refractivity contribution is 6.03. The molecule has 1 N–H and O–H groups in total. The molecule has 3 nitrogen and oxygen atoms in total. The van der Waals surface area contributed by atoms with Crippen molar-refractivity contribution in [3.05, 3.63) is 41.0 Å². The lowest BCUT2D eigenvalue weighted by molar-refractivity contribution is -0.138. The molecule has 1 unspecified atom stereocenters. The summed E-state index contributed by atoms with van der Waals surface area (Å²) in [7, 11) is 1.35. The van der Waals surface area contributed by atoms with E-state index in [0.717, 1.165) is 36.0 Å². The fourth-order valence-electron chi connectivity index (χ4n) is 2.77. The van der Waals surface area contributed by atoms with Gasteiger partial charge in [0.05, 0.1) is 12.7 Å². The summed E-state index contributed by atoms with van der Waals surface area (Å²) in [5, 5.41) is 10.7. The van der Waals surface area contributed by atoms with Crippen molar-refractivity contribution in [3.8, 4) is 0 Å². The molecule has 19 heavy (non-hydrogen) atoms. The van der Waals surface area contributed by atoms with Crippen molar-refractivity contribution < 1.29 is 14.6 Å². The Morgan fingerprint density at radius 3 is 2.68 bits per heavy atom. The van der Waals surface area contributed by atoms with Crippen molar-refractivity contribution in [1.82, 2.24) is 0 Å². The molecule has 0 saturated heterocycles. The van der Waals surface area contributed by atoms with E-state index in [1.165, 1.54) is 7.11 Å². The van der Waals surface area contributed by atoms with Crippen LogP contribution in [0.3, 0.4) is 0 Å². The van der Waals surface area contributed by atoms with Crippen LogP contribution in [0.15, 0.2) is 29.8 Å². The number of hydrogen-bond donors (Lipinski definition) is 1. The minimum Gasteiger partial charge on any atom is -0.466 e. The number of carbonyl (C=O) groups excluding carboxylic acids is 1. The average Bonchev–Trinajstić information content (AvgIpc) is 2.64. The molecule has 0 radical (unpaired) electrons. The van der Waals surface area contributed by atoms with Crippen molar-refractivity contribution in [2.75, 3.05) is 7.11 Å². The smallest absolute Gasteiger partial charge is 0.337 e. The van der Waals surface area contributed by atoms with Gasteiger partial charge in [0.15, 0.2) is 0 Å². The topological polar surface area (TPSA) is 46.5 Å². The Bertz CT molecular complexity index is 527. The molecule has 0 bridgehead atoms. The van der Waals surface area contributed by atoms with E-state index in [-0.39, 0.29) is 0 Å². The van der Waals surface area contributed by atoms with Crippen molar-refractivity contribution in [1.29, 1.82) is 0 Å². The molecule has 0 heterocycles. The van der Waals surface area contributed by atoms with Crippen molar-refractivity contribution in [3.63, 3.8) is 0 Å². The summed E-state index contributed by atoms with van der Waals surface area (Å²) in [6.45, 7) is 3.77. The molecule has 1 aromatic rings. The maximum atomic E-state index is 12.0. The minimum atomic E-state index is -1.26. The predicted octanol–water partition coefficient (Wildman–Crippen LogP) is 3.02. The lowest BCUT2D eigenvalue weighted by atomic mass is 9.92. The number of methoxy groups -OCH3 is 1. The van der Waals surface area contributed by atoms with Crippen LogP contribution in [0.4, 0.5) is 0 Å². The van der Waals surface area contributed by atoms with Gasteiger partial charge in [-0.1, -0.05) is 37.6 Å². The maximum absolute atomic E-state index is 12.0. The molecule has 0 aromatic heterocycles. The summed E-state index contributed by atoms with van der Waals surface area (Å²) in [6, 6.07) is 7.65. The molecule has 0 aliphatic heterocycles. The van der Waals surface area contributed by atoms with Crippen LogP contribution in [0.5, 0.6) is 0 Å². The highest BCUT2D eigenvalue weighted by Crippen LogP contribution is 2.46. The van der Waals surface area contributed by atoms with Crippen LogP contribution in [0.1, 0.15) is 44.2 Å². The van der Waals surface area contributed by atoms with Gasteiger partial charge in [-0.3, -0.25) is 0 Å². The van der Waals surface area contributed by atoms with Crippen LogP contribution in [-0.2, 0) is 15.1 Å². The summed E-state index contributed by atoms with van der Waals surface area (Å²) < 4.78 is 4.85. The number of esters is 1. The van der Waals surface area contributed by atoms with E-state index in [0.29, 0.717) is 5.57 Å². The predicted molar refractivity (Wildman–Crippen MR) is 74.5 cm³/mol. The van der Waals surface area contributed by atoms with Gasteiger partial charge in [0.2, 0.25) is 0 Å². The van der Waals surface area contributed by atoms with E-state index >= 15 is 0 Å². The van der Waals surface area contributed by atoms with Gasteiger partial charge in [0.1, 0.15) is 5.60 Å². The zero-order valence-electron chi connectivity index (χ0n) is 11.7. The molecule has 3 heteroatoms. The van der Waals surface area contributed by atoms with E-state index in [1.54, 1.807) is 6.92 Å². The Kier molecular flexibility index (Phi) is 3.76. The maximum Gasteiger partial charge on any atom is 0.337 e. The van der Waals surface area contributed by atoms with E-state index in [4.69, 9.17) is 4.74 Å². The lowest BCUT2D eigenvalue weighted by Crippen LogP contribution is -2.27. The molecular weight excluding hydrogens is 240 g/mol. The number of unbranched alkanes of at least 4 members (excludes halogenated alkanes) is 1. The van der Waals surface area contributed by atoms with Gasteiger partial charge in [-0.2, -0.15) is 0 Å². The van der Waals surface area contributed by atoms with Gasteiger partial charge >= 0.3 is 5.97 Å². The minimum absolute atomic E-state index is 0.393. The van der Waals surface area contributed by atoms with E-state index in [9.17, 15) is 9.90 Å². The van der Waals surface area contributed by atoms with Crippen LogP contribution < -0.4 is 0 Å². The number of aliphatic hydroxyl groups is 1. The van der Waals surface area contributed by atoms with Gasteiger partial charge in [-0.15, -0.1) is 0 Å².